The highest BCUT2D eigenvalue weighted by Gasteiger charge is 2.16. The summed E-state index contributed by atoms with van der Waals surface area (Å²) in [5.41, 5.74) is 0.852. The fraction of sp³-hybridized carbons (Fsp3) is 0.357. The average molecular weight is 265 g/mol. The molecule has 5 nitrogen and oxygen atoms in total. The summed E-state index contributed by atoms with van der Waals surface area (Å²) < 4.78 is 15.8. The summed E-state index contributed by atoms with van der Waals surface area (Å²) in [6.07, 6.45) is 1.23. The van der Waals surface area contributed by atoms with Gasteiger partial charge in [-0.1, -0.05) is 6.58 Å². The van der Waals surface area contributed by atoms with Crippen LogP contribution in [0.4, 0.5) is 0 Å². The van der Waals surface area contributed by atoms with Gasteiger partial charge in [0.2, 0.25) is 11.7 Å². The molecule has 1 amide bonds. The molecule has 1 rings (SSSR count). The van der Waals surface area contributed by atoms with E-state index >= 15 is 0 Å². The fourth-order valence-corrected chi connectivity index (χ4v) is 1.71. The molecule has 1 aromatic carbocycles. The van der Waals surface area contributed by atoms with Gasteiger partial charge >= 0.3 is 0 Å². The first kappa shape index (κ1) is 14.9. The molecule has 0 aliphatic carbocycles. The van der Waals surface area contributed by atoms with Crippen molar-refractivity contribution in [2.24, 2.45) is 0 Å². The summed E-state index contributed by atoms with van der Waals surface area (Å²) in [4.78, 5) is 11.3. The molecule has 0 heterocycles. The van der Waals surface area contributed by atoms with Gasteiger partial charge in [0.15, 0.2) is 11.5 Å². The lowest BCUT2D eigenvalue weighted by molar-refractivity contribution is -0.117. The summed E-state index contributed by atoms with van der Waals surface area (Å²) in [5.74, 6) is 1.39. The van der Waals surface area contributed by atoms with Crippen LogP contribution in [0.1, 0.15) is 18.5 Å². The van der Waals surface area contributed by atoms with Crippen LogP contribution in [0, 0.1) is 0 Å². The first-order chi connectivity index (χ1) is 9.07. The molecule has 19 heavy (non-hydrogen) atoms. The van der Waals surface area contributed by atoms with Crippen LogP contribution < -0.4 is 19.5 Å². The minimum atomic E-state index is -0.235. The Balaban J connectivity index is 3.14. The third kappa shape index (κ3) is 3.40. The Kier molecular flexibility index (Phi) is 5.23. The van der Waals surface area contributed by atoms with Gasteiger partial charge in [-0.2, -0.15) is 0 Å². The largest absolute Gasteiger partial charge is 0.493 e. The molecule has 0 saturated carbocycles. The van der Waals surface area contributed by atoms with Gasteiger partial charge in [-0.25, -0.2) is 0 Å². The van der Waals surface area contributed by atoms with Crippen molar-refractivity contribution in [1.82, 2.24) is 5.32 Å². The molecular weight excluding hydrogens is 246 g/mol. The molecule has 1 unspecified atom stereocenters. The average Bonchev–Trinajstić information content (AvgIpc) is 2.44. The van der Waals surface area contributed by atoms with Crippen molar-refractivity contribution in [1.29, 1.82) is 0 Å². The number of hydrogen-bond donors (Lipinski definition) is 1. The van der Waals surface area contributed by atoms with Crippen molar-refractivity contribution in [3.8, 4) is 17.2 Å². The first-order valence-corrected chi connectivity index (χ1v) is 5.80. The van der Waals surface area contributed by atoms with Gasteiger partial charge in [0, 0.05) is 0 Å². The predicted molar refractivity (Wildman–Crippen MR) is 72.9 cm³/mol. The number of rotatable bonds is 6. The second-order valence-electron chi connectivity index (χ2n) is 3.89. The maximum atomic E-state index is 11.3. The summed E-state index contributed by atoms with van der Waals surface area (Å²) >= 11 is 0. The van der Waals surface area contributed by atoms with Crippen LogP contribution in [0.2, 0.25) is 0 Å². The Morgan fingerprint density at radius 1 is 1.21 bits per heavy atom. The SMILES string of the molecule is C=CC(=O)NC(C)c1cc(OC)c(OC)c(OC)c1. The van der Waals surface area contributed by atoms with Crippen LogP contribution in [0.15, 0.2) is 24.8 Å². The number of amides is 1. The zero-order chi connectivity index (χ0) is 14.4. The number of ether oxygens (including phenoxy) is 3. The van der Waals surface area contributed by atoms with Crippen LogP contribution in [0.5, 0.6) is 17.2 Å². The van der Waals surface area contributed by atoms with Crippen molar-refractivity contribution in [3.05, 3.63) is 30.4 Å². The van der Waals surface area contributed by atoms with Gasteiger partial charge in [-0.3, -0.25) is 4.79 Å². The topological polar surface area (TPSA) is 56.8 Å². The number of benzene rings is 1. The Morgan fingerprint density at radius 3 is 2.11 bits per heavy atom. The predicted octanol–water partition coefficient (Wildman–Crippen LogP) is 2.08. The summed E-state index contributed by atoms with van der Waals surface area (Å²) in [7, 11) is 4.64. The third-order valence-electron chi connectivity index (χ3n) is 2.73. The molecule has 104 valence electrons. The minimum Gasteiger partial charge on any atom is -0.493 e. The van der Waals surface area contributed by atoms with Crippen molar-refractivity contribution in [2.75, 3.05) is 21.3 Å². The first-order valence-electron chi connectivity index (χ1n) is 5.80. The number of carbonyl (C=O) groups is 1. The van der Waals surface area contributed by atoms with E-state index in [0.717, 1.165) is 5.56 Å². The second-order valence-corrected chi connectivity index (χ2v) is 3.89. The van der Waals surface area contributed by atoms with Crippen LogP contribution >= 0.6 is 0 Å². The Morgan fingerprint density at radius 2 is 1.74 bits per heavy atom. The third-order valence-corrected chi connectivity index (χ3v) is 2.73. The fourth-order valence-electron chi connectivity index (χ4n) is 1.71. The van der Waals surface area contributed by atoms with Gasteiger partial charge in [0.05, 0.1) is 27.4 Å². The van der Waals surface area contributed by atoms with Gasteiger partial charge in [0.25, 0.3) is 0 Å². The van der Waals surface area contributed by atoms with Gasteiger partial charge in [-0.05, 0) is 30.7 Å². The number of nitrogens with one attached hydrogen (secondary N) is 1. The molecule has 0 aliphatic rings. The van der Waals surface area contributed by atoms with Crippen LogP contribution in [0.25, 0.3) is 0 Å². The Labute approximate surface area is 113 Å². The second kappa shape index (κ2) is 6.68. The molecule has 1 atom stereocenters. The standard InChI is InChI=1S/C14H19NO4/c1-6-13(16)15-9(2)10-7-11(17-3)14(19-5)12(8-10)18-4/h6-9H,1H2,2-5H3,(H,15,16). The van der Waals surface area contributed by atoms with E-state index in [1.807, 2.05) is 6.92 Å². The zero-order valence-corrected chi connectivity index (χ0v) is 11.6. The van der Waals surface area contributed by atoms with E-state index < -0.39 is 0 Å². The normalized spacial score (nSPS) is 11.4. The monoisotopic (exact) mass is 265 g/mol. The molecule has 0 radical (unpaired) electrons. The maximum Gasteiger partial charge on any atom is 0.243 e. The smallest absolute Gasteiger partial charge is 0.243 e. The van der Waals surface area contributed by atoms with E-state index in [0.29, 0.717) is 17.2 Å². The summed E-state index contributed by atoms with van der Waals surface area (Å²) in [6.45, 7) is 5.28. The van der Waals surface area contributed by atoms with E-state index in [2.05, 4.69) is 11.9 Å². The highest BCUT2D eigenvalue weighted by atomic mass is 16.5. The molecule has 0 fully saturated rings. The van der Waals surface area contributed by atoms with E-state index in [-0.39, 0.29) is 11.9 Å². The quantitative estimate of drug-likeness (QED) is 0.800. The molecule has 1 N–H and O–H groups in total. The molecule has 1 aromatic rings. The lowest BCUT2D eigenvalue weighted by Crippen LogP contribution is -2.24. The number of methoxy groups -OCH3 is 3. The maximum absolute atomic E-state index is 11.3. The zero-order valence-electron chi connectivity index (χ0n) is 11.6. The Bertz CT molecular complexity index is 446. The number of carbonyl (C=O) groups excluding carboxylic acids is 1. The van der Waals surface area contributed by atoms with Crippen molar-refractivity contribution < 1.29 is 19.0 Å². The molecule has 0 aliphatic heterocycles. The molecular formula is C14H19NO4. The molecule has 5 heteroatoms. The molecule has 0 saturated heterocycles. The van der Waals surface area contributed by atoms with Crippen molar-refractivity contribution >= 4 is 5.91 Å². The highest BCUT2D eigenvalue weighted by molar-refractivity contribution is 5.87. The van der Waals surface area contributed by atoms with Gasteiger partial charge < -0.3 is 19.5 Å². The molecule has 0 aromatic heterocycles. The van der Waals surface area contributed by atoms with Gasteiger partial charge in [-0.15, -0.1) is 0 Å². The Hall–Kier alpha value is -2.17. The lowest BCUT2D eigenvalue weighted by Gasteiger charge is -2.18. The van der Waals surface area contributed by atoms with E-state index in [4.69, 9.17) is 14.2 Å². The van der Waals surface area contributed by atoms with Gasteiger partial charge in [0.1, 0.15) is 0 Å². The molecule has 0 bridgehead atoms. The molecule has 0 spiro atoms. The highest BCUT2D eigenvalue weighted by Crippen LogP contribution is 2.39. The summed E-state index contributed by atoms with van der Waals surface area (Å²) in [6, 6.07) is 3.41. The van der Waals surface area contributed by atoms with Crippen LogP contribution in [-0.4, -0.2) is 27.2 Å². The van der Waals surface area contributed by atoms with E-state index in [1.165, 1.54) is 6.08 Å². The van der Waals surface area contributed by atoms with Crippen molar-refractivity contribution in [3.63, 3.8) is 0 Å². The van der Waals surface area contributed by atoms with Crippen LogP contribution in [0.3, 0.4) is 0 Å². The number of hydrogen-bond acceptors (Lipinski definition) is 4. The van der Waals surface area contributed by atoms with E-state index in [9.17, 15) is 4.79 Å². The van der Waals surface area contributed by atoms with E-state index in [1.54, 1.807) is 33.5 Å². The van der Waals surface area contributed by atoms with Crippen molar-refractivity contribution in [2.45, 2.75) is 13.0 Å². The summed E-state index contributed by atoms with van der Waals surface area (Å²) in [5, 5.41) is 2.78. The lowest BCUT2D eigenvalue weighted by atomic mass is 10.1. The van der Waals surface area contributed by atoms with Crippen LogP contribution in [-0.2, 0) is 4.79 Å². The minimum absolute atomic E-state index is 0.195.